The fourth-order valence-electron chi connectivity index (χ4n) is 1.94. The van der Waals surface area contributed by atoms with Gasteiger partial charge in [-0.2, -0.15) is 0 Å². The molecule has 5 heteroatoms. The van der Waals surface area contributed by atoms with Crippen molar-refractivity contribution in [2.45, 2.75) is 33.4 Å². The molecule has 1 fully saturated rings. The fourth-order valence-corrected chi connectivity index (χ4v) is 3.01. The van der Waals surface area contributed by atoms with Gasteiger partial charge in [0.05, 0.1) is 18.4 Å². The molecule has 4 nitrogen and oxygen atoms in total. The van der Waals surface area contributed by atoms with Crippen LogP contribution in [0.4, 0.5) is 5.13 Å². The van der Waals surface area contributed by atoms with Crippen molar-refractivity contribution in [3.05, 3.63) is 10.6 Å². The number of aryl methyl sites for hydroxylation is 1. The minimum Gasteiger partial charge on any atom is -0.375 e. The summed E-state index contributed by atoms with van der Waals surface area (Å²) in [5.74, 6) is 0. The number of morpholine rings is 1. The first-order valence-electron chi connectivity index (χ1n) is 6.24. The smallest absolute Gasteiger partial charge is 0.185 e. The molecule has 0 aliphatic carbocycles. The van der Waals surface area contributed by atoms with Crippen LogP contribution < -0.4 is 10.2 Å². The van der Waals surface area contributed by atoms with Gasteiger partial charge in [-0.25, -0.2) is 4.98 Å². The zero-order valence-electron chi connectivity index (χ0n) is 10.8. The van der Waals surface area contributed by atoms with Crippen LogP contribution in [0.3, 0.4) is 0 Å². The van der Waals surface area contributed by atoms with Crippen molar-refractivity contribution in [1.82, 2.24) is 10.3 Å². The van der Waals surface area contributed by atoms with Crippen molar-refractivity contribution in [3.8, 4) is 0 Å². The molecule has 0 spiro atoms. The van der Waals surface area contributed by atoms with Crippen LogP contribution in [0.1, 0.15) is 24.4 Å². The molecule has 0 saturated carbocycles. The summed E-state index contributed by atoms with van der Waals surface area (Å²) in [6, 6.07) is 0. The van der Waals surface area contributed by atoms with Gasteiger partial charge in [-0.15, -0.1) is 11.3 Å². The molecule has 1 aliphatic rings. The topological polar surface area (TPSA) is 37.4 Å². The van der Waals surface area contributed by atoms with Gasteiger partial charge in [-0.1, -0.05) is 6.92 Å². The van der Waals surface area contributed by atoms with E-state index < -0.39 is 0 Å². The van der Waals surface area contributed by atoms with E-state index in [1.54, 1.807) is 11.3 Å². The third-order valence-corrected chi connectivity index (χ3v) is 4.15. The van der Waals surface area contributed by atoms with Gasteiger partial charge in [0.15, 0.2) is 5.13 Å². The third kappa shape index (κ3) is 3.18. The Bertz CT molecular complexity index is 367. The van der Waals surface area contributed by atoms with E-state index in [9.17, 15) is 0 Å². The first-order chi connectivity index (χ1) is 8.20. The summed E-state index contributed by atoms with van der Waals surface area (Å²) in [6.07, 6.45) is 0.310. The molecular weight excluding hydrogens is 234 g/mol. The van der Waals surface area contributed by atoms with E-state index in [0.717, 1.165) is 43.6 Å². The summed E-state index contributed by atoms with van der Waals surface area (Å²) in [7, 11) is 0. The van der Waals surface area contributed by atoms with Crippen molar-refractivity contribution in [1.29, 1.82) is 0 Å². The second-order valence-electron chi connectivity index (χ2n) is 4.41. The van der Waals surface area contributed by atoms with E-state index in [1.165, 1.54) is 4.88 Å². The minimum absolute atomic E-state index is 0.310. The van der Waals surface area contributed by atoms with Crippen LogP contribution >= 0.6 is 11.3 Å². The van der Waals surface area contributed by atoms with Crippen molar-refractivity contribution in [2.75, 3.05) is 31.1 Å². The quantitative estimate of drug-likeness (QED) is 0.890. The van der Waals surface area contributed by atoms with Crippen LogP contribution in [0.25, 0.3) is 0 Å². The van der Waals surface area contributed by atoms with E-state index >= 15 is 0 Å². The molecule has 2 heterocycles. The van der Waals surface area contributed by atoms with E-state index in [1.807, 2.05) is 0 Å². The number of hydrogen-bond acceptors (Lipinski definition) is 5. The summed E-state index contributed by atoms with van der Waals surface area (Å²) in [4.78, 5) is 8.35. The molecule has 96 valence electrons. The lowest BCUT2D eigenvalue weighted by Gasteiger charge is -2.30. The predicted octanol–water partition coefficient (Wildman–Crippen LogP) is 1.79. The molecule has 0 radical (unpaired) electrons. The number of ether oxygens (including phenoxy) is 1. The van der Waals surface area contributed by atoms with Crippen LogP contribution in [-0.4, -0.2) is 37.3 Å². The van der Waals surface area contributed by atoms with Crippen LogP contribution in [0.2, 0.25) is 0 Å². The summed E-state index contributed by atoms with van der Waals surface area (Å²) >= 11 is 1.80. The highest BCUT2D eigenvalue weighted by Crippen LogP contribution is 2.27. The fraction of sp³-hybridized carbons (Fsp3) is 0.750. The monoisotopic (exact) mass is 255 g/mol. The van der Waals surface area contributed by atoms with Gasteiger partial charge in [-0.05, 0) is 20.4 Å². The molecule has 1 atom stereocenters. The van der Waals surface area contributed by atoms with Gasteiger partial charge in [0.25, 0.3) is 0 Å². The Hall–Kier alpha value is -0.650. The van der Waals surface area contributed by atoms with E-state index in [2.05, 4.69) is 36.0 Å². The normalized spacial score (nSPS) is 20.9. The summed E-state index contributed by atoms with van der Waals surface area (Å²) < 4.78 is 5.55. The highest BCUT2D eigenvalue weighted by atomic mass is 32.1. The Morgan fingerprint density at radius 2 is 2.41 bits per heavy atom. The second-order valence-corrected chi connectivity index (χ2v) is 5.47. The largest absolute Gasteiger partial charge is 0.375 e. The molecule has 0 aromatic carbocycles. The maximum atomic E-state index is 5.55. The van der Waals surface area contributed by atoms with Gasteiger partial charge in [0.2, 0.25) is 0 Å². The Morgan fingerprint density at radius 3 is 3.12 bits per heavy atom. The highest BCUT2D eigenvalue weighted by molar-refractivity contribution is 7.15. The second kappa shape index (κ2) is 5.80. The van der Waals surface area contributed by atoms with Crippen molar-refractivity contribution in [3.63, 3.8) is 0 Å². The lowest BCUT2D eigenvalue weighted by molar-refractivity contribution is 0.0532. The molecule has 0 bridgehead atoms. The Morgan fingerprint density at radius 1 is 1.59 bits per heavy atom. The molecule has 17 heavy (non-hydrogen) atoms. The van der Waals surface area contributed by atoms with Crippen molar-refractivity contribution < 1.29 is 4.74 Å². The Balaban J connectivity index is 2.05. The predicted molar refractivity (Wildman–Crippen MR) is 71.9 cm³/mol. The summed E-state index contributed by atoms with van der Waals surface area (Å²) in [6.45, 7) is 11.0. The molecule has 1 unspecified atom stereocenters. The van der Waals surface area contributed by atoms with E-state index in [-0.39, 0.29) is 0 Å². The molecule has 0 amide bonds. The maximum Gasteiger partial charge on any atom is 0.185 e. The molecule has 1 N–H and O–H groups in total. The lowest BCUT2D eigenvalue weighted by atomic mass is 10.3. The number of aromatic nitrogens is 1. The zero-order chi connectivity index (χ0) is 12.3. The van der Waals surface area contributed by atoms with Crippen molar-refractivity contribution in [2.24, 2.45) is 0 Å². The van der Waals surface area contributed by atoms with Gasteiger partial charge in [-0.3, -0.25) is 0 Å². The number of nitrogens with one attached hydrogen (secondary N) is 1. The molecule has 1 aliphatic heterocycles. The first kappa shape index (κ1) is 12.8. The molecule has 1 aromatic heterocycles. The Labute approximate surface area is 107 Å². The summed E-state index contributed by atoms with van der Waals surface area (Å²) in [5.41, 5.74) is 1.16. The van der Waals surface area contributed by atoms with Crippen LogP contribution in [0.15, 0.2) is 0 Å². The highest BCUT2D eigenvalue weighted by Gasteiger charge is 2.20. The van der Waals surface area contributed by atoms with Gasteiger partial charge in [0, 0.05) is 24.5 Å². The molecule has 2 rings (SSSR count). The van der Waals surface area contributed by atoms with E-state index in [4.69, 9.17) is 4.74 Å². The van der Waals surface area contributed by atoms with Crippen LogP contribution in [0.5, 0.6) is 0 Å². The summed E-state index contributed by atoms with van der Waals surface area (Å²) in [5, 5.41) is 4.50. The lowest BCUT2D eigenvalue weighted by Crippen LogP contribution is -2.41. The maximum absolute atomic E-state index is 5.55. The average molecular weight is 255 g/mol. The van der Waals surface area contributed by atoms with Crippen LogP contribution in [-0.2, 0) is 11.3 Å². The number of thiazole rings is 1. The number of rotatable bonds is 4. The minimum atomic E-state index is 0.310. The number of anilines is 1. The standard InChI is InChI=1S/C12H21N3OS/c1-4-13-7-11-10(3)14-12(17-11)15-5-6-16-9(2)8-15/h9,13H,4-8H2,1-3H3. The van der Waals surface area contributed by atoms with Gasteiger partial charge < -0.3 is 15.0 Å². The van der Waals surface area contributed by atoms with Crippen molar-refractivity contribution >= 4 is 16.5 Å². The zero-order valence-corrected chi connectivity index (χ0v) is 11.6. The molecule has 1 saturated heterocycles. The first-order valence-corrected chi connectivity index (χ1v) is 7.06. The Kier molecular flexibility index (Phi) is 4.36. The van der Waals surface area contributed by atoms with Gasteiger partial charge in [0.1, 0.15) is 0 Å². The SMILES string of the molecule is CCNCc1sc(N2CCOC(C)C2)nc1C. The third-order valence-electron chi connectivity index (χ3n) is 2.93. The number of nitrogens with zero attached hydrogens (tertiary/aromatic N) is 2. The average Bonchev–Trinajstić information content (AvgIpc) is 2.68. The molecular formula is C12H21N3OS. The van der Waals surface area contributed by atoms with Gasteiger partial charge >= 0.3 is 0 Å². The number of hydrogen-bond donors (Lipinski definition) is 1. The van der Waals surface area contributed by atoms with E-state index in [0.29, 0.717) is 6.10 Å². The molecule has 1 aromatic rings. The van der Waals surface area contributed by atoms with Crippen LogP contribution in [0, 0.1) is 6.92 Å².